The molecule has 2 aromatic rings. The third kappa shape index (κ3) is 6.18. The van der Waals surface area contributed by atoms with Crippen LogP contribution in [0.5, 0.6) is 5.75 Å². The normalized spacial score (nSPS) is 10.2. The van der Waals surface area contributed by atoms with Gasteiger partial charge in [0.15, 0.2) is 0 Å². The van der Waals surface area contributed by atoms with Gasteiger partial charge in [-0.05, 0) is 30.3 Å². The predicted octanol–water partition coefficient (Wildman–Crippen LogP) is 3.42. The highest BCUT2D eigenvalue weighted by Crippen LogP contribution is 2.17. The van der Waals surface area contributed by atoms with Crippen molar-refractivity contribution in [2.24, 2.45) is 0 Å². The molecule has 0 aliphatic carbocycles. The fraction of sp³-hybridized carbons (Fsp3) is 0.235. The molecule has 1 amide bonds. The van der Waals surface area contributed by atoms with Crippen molar-refractivity contribution >= 4 is 28.9 Å². The third-order valence-corrected chi connectivity index (χ3v) is 3.19. The van der Waals surface area contributed by atoms with Gasteiger partial charge in [0.1, 0.15) is 12.4 Å². The van der Waals surface area contributed by atoms with E-state index in [4.69, 9.17) is 21.1 Å². The van der Waals surface area contributed by atoms with E-state index in [1.807, 2.05) is 24.3 Å². The second-order valence-electron chi connectivity index (χ2n) is 4.78. The molecule has 122 valence electrons. The van der Waals surface area contributed by atoms with Crippen LogP contribution < -0.4 is 15.4 Å². The van der Waals surface area contributed by atoms with Crippen molar-refractivity contribution in [1.29, 1.82) is 0 Å². The Morgan fingerprint density at radius 2 is 1.87 bits per heavy atom. The van der Waals surface area contributed by atoms with Crippen LogP contribution >= 0.6 is 11.6 Å². The molecule has 0 aliphatic heterocycles. The Kier molecular flexibility index (Phi) is 6.72. The first kappa shape index (κ1) is 17.1. The lowest BCUT2D eigenvalue weighted by atomic mass is 10.3. The Balaban J connectivity index is 1.83. The summed E-state index contributed by atoms with van der Waals surface area (Å²) in [4.78, 5) is 11.9. The number of amides is 1. The van der Waals surface area contributed by atoms with E-state index in [1.165, 1.54) is 0 Å². The molecule has 0 bridgehead atoms. The highest BCUT2D eigenvalue weighted by Gasteiger charge is 2.03. The number of methoxy groups -OCH3 is 1. The minimum absolute atomic E-state index is 0.147. The Morgan fingerprint density at radius 1 is 1.09 bits per heavy atom. The Hall–Kier alpha value is -2.24. The van der Waals surface area contributed by atoms with Crippen LogP contribution in [0.4, 0.5) is 11.4 Å². The molecule has 0 unspecified atom stereocenters. The SMILES string of the molecule is COCCOc1cccc(NCC(=O)Nc2cccc(Cl)c2)c1. The van der Waals surface area contributed by atoms with Crippen molar-refractivity contribution in [3.63, 3.8) is 0 Å². The zero-order chi connectivity index (χ0) is 16.5. The largest absolute Gasteiger partial charge is 0.491 e. The number of ether oxygens (including phenoxy) is 2. The highest BCUT2D eigenvalue weighted by atomic mass is 35.5. The summed E-state index contributed by atoms with van der Waals surface area (Å²) in [5, 5.41) is 6.41. The molecule has 23 heavy (non-hydrogen) atoms. The van der Waals surface area contributed by atoms with E-state index in [-0.39, 0.29) is 12.5 Å². The highest BCUT2D eigenvalue weighted by molar-refractivity contribution is 6.30. The summed E-state index contributed by atoms with van der Waals surface area (Å²) < 4.78 is 10.5. The van der Waals surface area contributed by atoms with Gasteiger partial charge in [0, 0.05) is 29.6 Å². The average Bonchev–Trinajstić information content (AvgIpc) is 2.54. The lowest BCUT2D eigenvalue weighted by Gasteiger charge is -2.10. The molecule has 0 aromatic heterocycles. The molecule has 2 aromatic carbocycles. The van der Waals surface area contributed by atoms with Crippen LogP contribution in [0.15, 0.2) is 48.5 Å². The second-order valence-corrected chi connectivity index (χ2v) is 5.22. The molecule has 2 N–H and O–H groups in total. The average molecular weight is 335 g/mol. The molecule has 2 rings (SSSR count). The van der Waals surface area contributed by atoms with E-state index in [0.717, 1.165) is 11.4 Å². The Labute approximate surface area is 140 Å². The molecule has 0 fully saturated rings. The number of hydrogen-bond acceptors (Lipinski definition) is 4. The molecule has 5 nitrogen and oxygen atoms in total. The first-order valence-electron chi connectivity index (χ1n) is 7.18. The van der Waals surface area contributed by atoms with E-state index < -0.39 is 0 Å². The van der Waals surface area contributed by atoms with Gasteiger partial charge in [0.2, 0.25) is 5.91 Å². The van der Waals surface area contributed by atoms with Crippen LogP contribution in [0.2, 0.25) is 5.02 Å². The summed E-state index contributed by atoms with van der Waals surface area (Å²) in [6, 6.07) is 14.4. The van der Waals surface area contributed by atoms with Crippen LogP contribution in [0, 0.1) is 0 Å². The second kappa shape index (κ2) is 9.02. The van der Waals surface area contributed by atoms with Crippen LogP contribution in [0.1, 0.15) is 0 Å². The number of anilines is 2. The molecule has 0 atom stereocenters. The molecule has 0 aliphatic rings. The van der Waals surface area contributed by atoms with E-state index in [9.17, 15) is 4.79 Å². The van der Waals surface area contributed by atoms with Crippen LogP contribution in [-0.4, -0.2) is 32.8 Å². The van der Waals surface area contributed by atoms with Gasteiger partial charge in [0.05, 0.1) is 13.2 Å². The minimum Gasteiger partial charge on any atom is -0.491 e. The number of nitrogens with one attached hydrogen (secondary N) is 2. The van der Waals surface area contributed by atoms with Gasteiger partial charge in [-0.3, -0.25) is 4.79 Å². The zero-order valence-electron chi connectivity index (χ0n) is 12.8. The van der Waals surface area contributed by atoms with Crippen molar-refractivity contribution in [3.05, 3.63) is 53.6 Å². The molecular weight excluding hydrogens is 316 g/mol. The van der Waals surface area contributed by atoms with Gasteiger partial charge in [-0.1, -0.05) is 23.7 Å². The van der Waals surface area contributed by atoms with Gasteiger partial charge in [-0.25, -0.2) is 0 Å². The van der Waals surface area contributed by atoms with Crippen molar-refractivity contribution in [1.82, 2.24) is 0 Å². The van der Waals surface area contributed by atoms with E-state index >= 15 is 0 Å². The van der Waals surface area contributed by atoms with E-state index in [1.54, 1.807) is 31.4 Å². The Morgan fingerprint density at radius 3 is 2.65 bits per heavy atom. The maximum Gasteiger partial charge on any atom is 0.243 e. The number of benzene rings is 2. The maximum absolute atomic E-state index is 11.9. The lowest BCUT2D eigenvalue weighted by molar-refractivity contribution is -0.114. The number of hydrogen-bond donors (Lipinski definition) is 2. The van der Waals surface area contributed by atoms with Crippen molar-refractivity contribution in [3.8, 4) is 5.75 Å². The quantitative estimate of drug-likeness (QED) is 0.726. The van der Waals surface area contributed by atoms with Crippen molar-refractivity contribution < 1.29 is 14.3 Å². The first-order valence-corrected chi connectivity index (χ1v) is 7.56. The van der Waals surface area contributed by atoms with Gasteiger partial charge < -0.3 is 20.1 Å². The smallest absolute Gasteiger partial charge is 0.243 e. The number of halogens is 1. The van der Waals surface area contributed by atoms with Crippen LogP contribution in [-0.2, 0) is 9.53 Å². The van der Waals surface area contributed by atoms with Crippen molar-refractivity contribution in [2.45, 2.75) is 0 Å². The maximum atomic E-state index is 11.9. The fourth-order valence-electron chi connectivity index (χ4n) is 1.89. The fourth-order valence-corrected chi connectivity index (χ4v) is 2.08. The molecule has 0 heterocycles. The molecule has 0 radical (unpaired) electrons. The summed E-state index contributed by atoms with van der Waals surface area (Å²) in [6.07, 6.45) is 0. The van der Waals surface area contributed by atoms with Gasteiger partial charge in [-0.15, -0.1) is 0 Å². The van der Waals surface area contributed by atoms with Gasteiger partial charge >= 0.3 is 0 Å². The molecule has 0 saturated heterocycles. The van der Waals surface area contributed by atoms with Crippen LogP contribution in [0.25, 0.3) is 0 Å². The summed E-state index contributed by atoms with van der Waals surface area (Å²) in [7, 11) is 1.62. The van der Waals surface area contributed by atoms with Crippen LogP contribution in [0.3, 0.4) is 0 Å². The summed E-state index contributed by atoms with van der Waals surface area (Å²) >= 11 is 5.88. The number of carbonyl (C=O) groups is 1. The standard InChI is InChI=1S/C17H19ClN2O3/c1-22-8-9-23-16-7-3-5-14(11-16)19-12-17(21)20-15-6-2-4-13(18)10-15/h2-7,10-11,19H,8-9,12H2,1H3,(H,20,21). The number of rotatable bonds is 8. The topological polar surface area (TPSA) is 59.6 Å². The first-order chi connectivity index (χ1) is 11.2. The molecular formula is C17H19ClN2O3. The van der Waals surface area contributed by atoms with Gasteiger partial charge in [-0.2, -0.15) is 0 Å². The van der Waals surface area contributed by atoms with Gasteiger partial charge in [0.25, 0.3) is 0 Å². The monoisotopic (exact) mass is 334 g/mol. The minimum atomic E-state index is -0.155. The molecule has 0 saturated carbocycles. The lowest BCUT2D eigenvalue weighted by Crippen LogP contribution is -2.21. The molecule has 6 heteroatoms. The summed E-state index contributed by atoms with van der Waals surface area (Å²) in [6.45, 7) is 1.16. The summed E-state index contributed by atoms with van der Waals surface area (Å²) in [5.41, 5.74) is 1.47. The zero-order valence-corrected chi connectivity index (χ0v) is 13.6. The Bertz CT molecular complexity index is 649. The predicted molar refractivity (Wildman–Crippen MR) is 92.4 cm³/mol. The third-order valence-electron chi connectivity index (χ3n) is 2.95. The molecule has 0 spiro atoms. The van der Waals surface area contributed by atoms with Crippen molar-refractivity contribution in [2.75, 3.05) is 37.5 Å². The van der Waals surface area contributed by atoms with E-state index in [2.05, 4.69) is 10.6 Å². The summed E-state index contributed by atoms with van der Waals surface area (Å²) in [5.74, 6) is 0.570. The van der Waals surface area contributed by atoms with E-state index in [0.29, 0.717) is 23.9 Å². The number of carbonyl (C=O) groups excluding carboxylic acids is 1.